The van der Waals surface area contributed by atoms with Crippen LogP contribution in [0.4, 0.5) is 0 Å². The van der Waals surface area contributed by atoms with Crippen LogP contribution in [-0.4, -0.2) is 23.1 Å². The summed E-state index contributed by atoms with van der Waals surface area (Å²) in [5.41, 5.74) is 5.76. The molecule has 0 aliphatic carbocycles. The molecule has 0 amide bonds. The maximum atomic E-state index is 5.52. The molecule has 0 unspecified atom stereocenters. The molecule has 4 nitrogen and oxygen atoms in total. The zero-order valence-electron chi connectivity index (χ0n) is 11.9. The molecule has 0 bridgehead atoms. The molecule has 1 aromatic carbocycles. The van der Waals surface area contributed by atoms with Gasteiger partial charge < -0.3 is 14.7 Å². The van der Waals surface area contributed by atoms with E-state index in [2.05, 4.69) is 39.7 Å². The molecule has 0 saturated heterocycles. The van der Waals surface area contributed by atoms with Crippen LogP contribution in [0.2, 0.25) is 0 Å². The Bertz CT molecular complexity index is 826. The molecule has 0 saturated carbocycles. The van der Waals surface area contributed by atoms with Crippen molar-refractivity contribution in [3.8, 4) is 11.5 Å². The van der Waals surface area contributed by atoms with Gasteiger partial charge in [-0.2, -0.15) is 0 Å². The van der Waals surface area contributed by atoms with Crippen molar-refractivity contribution in [3.05, 3.63) is 48.0 Å². The monoisotopic (exact) mass is 279 g/mol. The lowest BCUT2D eigenvalue weighted by Crippen LogP contribution is -2.19. The van der Waals surface area contributed by atoms with E-state index in [0.29, 0.717) is 5.89 Å². The molecule has 4 rings (SSSR count). The molecule has 4 heteroatoms. The number of aromatic nitrogens is 2. The zero-order valence-corrected chi connectivity index (χ0v) is 11.9. The highest BCUT2D eigenvalue weighted by Gasteiger charge is 2.13. The minimum atomic E-state index is 0.681. The van der Waals surface area contributed by atoms with Crippen molar-refractivity contribution < 1.29 is 4.42 Å². The standard InChI is InChI=1S/C17H17N3O/c1-11-10-21-17(20-11)13-2-3-16-14(8-13)15(9-19-16)12-4-6-18-7-5-12/h2-4,8-10,18-19H,5-7H2,1H3. The summed E-state index contributed by atoms with van der Waals surface area (Å²) in [6.45, 7) is 3.92. The van der Waals surface area contributed by atoms with Crippen molar-refractivity contribution in [1.82, 2.24) is 15.3 Å². The van der Waals surface area contributed by atoms with Gasteiger partial charge in [0.25, 0.3) is 0 Å². The number of aryl methyl sites for hydroxylation is 1. The third-order valence-electron chi connectivity index (χ3n) is 3.96. The Kier molecular flexibility index (Phi) is 2.89. The van der Waals surface area contributed by atoms with E-state index in [4.69, 9.17) is 4.42 Å². The van der Waals surface area contributed by atoms with Crippen LogP contribution in [0.25, 0.3) is 27.9 Å². The maximum Gasteiger partial charge on any atom is 0.226 e. The Morgan fingerprint density at radius 1 is 1.29 bits per heavy atom. The Labute approximate surface area is 122 Å². The van der Waals surface area contributed by atoms with Gasteiger partial charge in [-0.05, 0) is 43.7 Å². The number of aromatic amines is 1. The average Bonchev–Trinajstić information content (AvgIpc) is 3.13. The van der Waals surface area contributed by atoms with E-state index in [0.717, 1.165) is 36.3 Å². The summed E-state index contributed by atoms with van der Waals surface area (Å²) >= 11 is 0. The number of H-pyrrole nitrogens is 1. The van der Waals surface area contributed by atoms with E-state index in [1.165, 1.54) is 16.5 Å². The highest BCUT2D eigenvalue weighted by molar-refractivity contribution is 5.95. The van der Waals surface area contributed by atoms with Crippen molar-refractivity contribution in [1.29, 1.82) is 0 Å². The predicted molar refractivity (Wildman–Crippen MR) is 84.0 cm³/mol. The lowest BCUT2D eigenvalue weighted by molar-refractivity contribution is 0.573. The molecular formula is C17H17N3O. The molecule has 0 fully saturated rings. The first-order valence-electron chi connectivity index (χ1n) is 7.25. The number of hydrogen-bond acceptors (Lipinski definition) is 3. The van der Waals surface area contributed by atoms with E-state index in [1.807, 2.05) is 13.0 Å². The molecule has 1 aliphatic rings. The molecule has 106 valence electrons. The van der Waals surface area contributed by atoms with Gasteiger partial charge in [0.1, 0.15) is 6.26 Å². The summed E-state index contributed by atoms with van der Waals surface area (Å²) in [5, 5.41) is 4.59. The van der Waals surface area contributed by atoms with Crippen LogP contribution in [-0.2, 0) is 0 Å². The second-order valence-electron chi connectivity index (χ2n) is 5.44. The first kappa shape index (κ1) is 12.4. The normalized spacial score (nSPS) is 15.4. The summed E-state index contributed by atoms with van der Waals surface area (Å²) in [5.74, 6) is 0.681. The smallest absolute Gasteiger partial charge is 0.226 e. The van der Waals surface area contributed by atoms with Crippen molar-refractivity contribution >= 4 is 16.5 Å². The first-order valence-corrected chi connectivity index (χ1v) is 7.25. The van der Waals surface area contributed by atoms with Gasteiger partial charge in [-0.15, -0.1) is 0 Å². The number of oxazole rings is 1. The van der Waals surface area contributed by atoms with Gasteiger partial charge in [-0.3, -0.25) is 0 Å². The Morgan fingerprint density at radius 2 is 2.24 bits per heavy atom. The number of nitrogens with one attached hydrogen (secondary N) is 2. The third kappa shape index (κ3) is 2.17. The van der Waals surface area contributed by atoms with Crippen LogP contribution in [0.3, 0.4) is 0 Å². The molecule has 3 heterocycles. The van der Waals surface area contributed by atoms with E-state index in [-0.39, 0.29) is 0 Å². The van der Waals surface area contributed by atoms with Crippen LogP contribution >= 0.6 is 0 Å². The Balaban J connectivity index is 1.84. The lowest BCUT2D eigenvalue weighted by Gasteiger charge is -2.13. The minimum Gasteiger partial charge on any atom is -0.444 e. The van der Waals surface area contributed by atoms with Crippen molar-refractivity contribution in [2.45, 2.75) is 13.3 Å². The van der Waals surface area contributed by atoms with Crippen LogP contribution in [0.15, 0.2) is 41.2 Å². The number of nitrogens with zero attached hydrogens (tertiary/aromatic N) is 1. The van der Waals surface area contributed by atoms with Crippen molar-refractivity contribution in [2.75, 3.05) is 13.1 Å². The number of benzene rings is 1. The van der Waals surface area contributed by atoms with Gasteiger partial charge in [-0.25, -0.2) is 4.98 Å². The molecule has 2 aromatic heterocycles. The summed E-state index contributed by atoms with van der Waals surface area (Å²) < 4.78 is 5.52. The van der Waals surface area contributed by atoms with Crippen molar-refractivity contribution in [2.24, 2.45) is 0 Å². The fourth-order valence-corrected chi connectivity index (χ4v) is 2.87. The zero-order chi connectivity index (χ0) is 14.2. The van der Waals surface area contributed by atoms with Crippen LogP contribution in [0.1, 0.15) is 17.7 Å². The van der Waals surface area contributed by atoms with Crippen LogP contribution < -0.4 is 5.32 Å². The van der Waals surface area contributed by atoms with E-state index >= 15 is 0 Å². The average molecular weight is 279 g/mol. The van der Waals surface area contributed by atoms with Gasteiger partial charge in [0.2, 0.25) is 5.89 Å². The molecule has 1 aliphatic heterocycles. The summed E-state index contributed by atoms with van der Waals surface area (Å²) in [6, 6.07) is 6.30. The lowest BCUT2D eigenvalue weighted by atomic mass is 9.99. The quantitative estimate of drug-likeness (QED) is 0.754. The first-order chi connectivity index (χ1) is 10.3. The summed E-state index contributed by atoms with van der Waals surface area (Å²) in [4.78, 5) is 7.77. The van der Waals surface area contributed by atoms with Gasteiger partial charge in [-0.1, -0.05) is 6.08 Å². The van der Waals surface area contributed by atoms with Crippen LogP contribution in [0, 0.1) is 6.92 Å². The minimum absolute atomic E-state index is 0.681. The van der Waals surface area contributed by atoms with Crippen LogP contribution in [0.5, 0.6) is 0 Å². The Hall–Kier alpha value is -2.33. The highest BCUT2D eigenvalue weighted by atomic mass is 16.3. The topological polar surface area (TPSA) is 53.9 Å². The number of hydrogen-bond donors (Lipinski definition) is 2. The number of rotatable bonds is 2. The molecule has 21 heavy (non-hydrogen) atoms. The van der Waals surface area contributed by atoms with Gasteiger partial charge in [0.15, 0.2) is 0 Å². The fourth-order valence-electron chi connectivity index (χ4n) is 2.87. The fraction of sp³-hybridized carbons (Fsp3) is 0.235. The van der Waals surface area contributed by atoms with E-state index in [9.17, 15) is 0 Å². The largest absolute Gasteiger partial charge is 0.444 e. The SMILES string of the molecule is Cc1coc(-c2ccc3[nH]cc(C4=CCNCC4)c3c2)n1. The molecule has 0 radical (unpaired) electrons. The molecular weight excluding hydrogens is 262 g/mol. The predicted octanol–water partition coefficient (Wildman–Crippen LogP) is 3.51. The second kappa shape index (κ2) is 4.90. The molecule has 0 atom stereocenters. The van der Waals surface area contributed by atoms with Gasteiger partial charge in [0, 0.05) is 34.8 Å². The second-order valence-corrected chi connectivity index (χ2v) is 5.44. The van der Waals surface area contributed by atoms with Gasteiger partial charge >= 0.3 is 0 Å². The Morgan fingerprint density at radius 3 is 3.00 bits per heavy atom. The highest BCUT2D eigenvalue weighted by Crippen LogP contribution is 2.31. The van der Waals surface area contributed by atoms with Crippen molar-refractivity contribution in [3.63, 3.8) is 0 Å². The molecule has 3 aromatic rings. The van der Waals surface area contributed by atoms with Gasteiger partial charge in [0.05, 0.1) is 5.69 Å². The van der Waals surface area contributed by atoms with E-state index < -0.39 is 0 Å². The maximum absolute atomic E-state index is 5.52. The molecule has 2 N–H and O–H groups in total. The number of fused-ring (bicyclic) bond motifs is 1. The summed E-state index contributed by atoms with van der Waals surface area (Å²) in [7, 11) is 0. The summed E-state index contributed by atoms with van der Waals surface area (Å²) in [6.07, 6.45) is 7.13. The third-order valence-corrected chi connectivity index (χ3v) is 3.96. The van der Waals surface area contributed by atoms with E-state index in [1.54, 1.807) is 6.26 Å². The molecule has 0 spiro atoms.